The van der Waals surface area contributed by atoms with E-state index in [1.807, 2.05) is 6.07 Å². The standard InChI is InChI=1S/C16H15ClN4O2/c17-12-5-3-4-11(8-12)14-20-13(23-21-14)9-19-15(22)16(10-18)6-1-2-7-16/h3-5,8H,1-2,6-7,9H2,(H,19,22). The van der Waals surface area contributed by atoms with Crippen molar-refractivity contribution in [3.63, 3.8) is 0 Å². The molecule has 0 atom stereocenters. The van der Waals surface area contributed by atoms with Gasteiger partial charge in [0.05, 0.1) is 12.6 Å². The fraction of sp³-hybridized carbons (Fsp3) is 0.375. The molecule has 0 spiro atoms. The van der Waals surface area contributed by atoms with Crippen LogP contribution in [0.4, 0.5) is 0 Å². The second kappa shape index (κ2) is 6.39. The van der Waals surface area contributed by atoms with Crippen LogP contribution in [0.25, 0.3) is 11.4 Å². The Kier molecular flexibility index (Phi) is 4.30. The van der Waals surface area contributed by atoms with Gasteiger partial charge in [-0.25, -0.2) is 0 Å². The van der Waals surface area contributed by atoms with E-state index in [4.69, 9.17) is 16.1 Å². The maximum absolute atomic E-state index is 12.3. The van der Waals surface area contributed by atoms with E-state index in [9.17, 15) is 10.1 Å². The highest BCUT2D eigenvalue weighted by Gasteiger charge is 2.41. The molecule has 1 aromatic heterocycles. The van der Waals surface area contributed by atoms with E-state index in [0.717, 1.165) is 18.4 Å². The topological polar surface area (TPSA) is 91.8 Å². The van der Waals surface area contributed by atoms with E-state index in [1.165, 1.54) is 0 Å². The van der Waals surface area contributed by atoms with Crippen molar-refractivity contribution in [2.24, 2.45) is 5.41 Å². The monoisotopic (exact) mass is 330 g/mol. The van der Waals surface area contributed by atoms with Crippen LogP contribution in [0.5, 0.6) is 0 Å². The highest BCUT2D eigenvalue weighted by atomic mass is 35.5. The molecule has 118 valence electrons. The Bertz CT molecular complexity index is 759. The highest BCUT2D eigenvalue weighted by molar-refractivity contribution is 6.30. The molecule has 1 aromatic carbocycles. The lowest BCUT2D eigenvalue weighted by Crippen LogP contribution is -2.37. The maximum atomic E-state index is 12.3. The van der Waals surface area contributed by atoms with E-state index >= 15 is 0 Å². The molecule has 1 aliphatic carbocycles. The molecule has 2 aromatic rings. The van der Waals surface area contributed by atoms with Crippen LogP contribution in [0, 0.1) is 16.7 Å². The van der Waals surface area contributed by atoms with Crippen molar-refractivity contribution in [3.8, 4) is 17.5 Å². The first-order valence-corrected chi connectivity index (χ1v) is 7.79. The second-order valence-electron chi connectivity index (χ2n) is 5.61. The van der Waals surface area contributed by atoms with Crippen LogP contribution >= 0.6 is 11.6 Å². The van der Waals surface area contributed by atoms with Gasteiger partial charge in [-0.3, -0.25) is 4.79 Å². The fourth-order valence-corrected chi connectivity index (χ4v) is 2.96. The lowest BCUT2D eigenvalue weighted by Gasteiger charge is -2.18. The zero-order valence-corrected chi connectivity index (χ0v) is 13.1. The minimum absolute atomic E-state index is 0.107. The molecule has 0 aliphatic heterocycles. The van der Waals surface area contributed by atoms with Crippen molar-refractivity contribution < 1.29 is 9.32 Å². The van der Waals surface area contributed by atoms with Crippen molar-refractivity contribution in [2.75, 3.05) is 0 Å². The number of benzene rings is 1. The Morgan fingerprint density at radius 2 is 2.22 bits per heavy atom. The van der Waals surface area contributed by atoms with E-state index in [-0.39, 0.29) is 12.5 Å². The smallest absolute Gasteiger partial charge is 0.246 e. The van der Waals surface area contributed by atoms with Crippen LogP contribution in [-0.4, -0.2) is 16.0 Å². The molecule has 1 heterocycles. The summed E-state index contributed by atoms with van der Waals surface area (Å²) in [6, 6.07) is 9.27. The highest BCUT2D eigenvalue weighted by Crippen LogP contribution is 2.37. The molecule has 6 nitrogen and oxygen atoms in total. The molecule has 0 radical (unpaired) electrons. The summed E-state index contributed by atoms with van der Waals surface area (Å²) in [4.78, 5) is 16.5. The molecule has 1 saturated carbocycles. The predicted octanol–water partition coefficient (Wildman–Crippen LogP) is 3.09. The summed E-state index contributed by atoms with van der Waals surface area (Å²) < 4.78 is 5.14. The van der Waals surface area contributed by atoms with Gasteiger partial charge in [-0.05, 0) is 25.0 Å². The first-order valence-electron chi connectivity index (χ1n) is 7.41. The number of aromatic nitrogens is 2. The van der Waals surface area contributed by atoms with Gasteiger partial charge < -0.3 is 9.84 Å². The summed E-state index contributed by atoms with van der Waals surface area (Å²) in [5, 5.41) is 16.5. The number of nitriles is 1. The fourth-order valence-electron chi connectivity index (χ4n) is 2.76. The van der Waals surface area contributed by atoms with Crippen LogP contribution < -0.4 is 5.32 Å². The zero-order valence-electron chi connectivity index (χ0n) is 12.4. The van der Waals surface area contributed by atoms with Crippen LogP contribution in [0.1, 0.15) is 31.6 Å². The molecule has 1 amide bonds. The summed E-state index contributed by atoms with van der Waals surface area (Å²) in [7, 11) is 0. The van der Waals surface area contributed by atoms with Crippen LogP contribution in [0.3, 0.4) is 0 Å². The quantitative estimate of drug-likeness (QED) is 0.930. The van der Waals surface area contributed by atoms with Crippen LogP contribution in [-0.2, 0) is 11.3 Å². The number of nitrogens with one attached hydrogen (secondary N) is 1. The molecule has 23 heavy (non-hydrogen) atoms. The Hall–Kier alpha value is -2.39. The Morgan fingerprint density at radius 3 is 2.91 bits per heavy atom. The van der Waals surface area contributed by atoms with Crippen molar-refractivity contribution in [1.29, 1.82) is 5.26 Å². The maximum Gasteiger partial charge on any atom is 0.246 e. The number of nitrogens with zero attached hydrogens (tertiary/aromatic N) is 3. The third kappa shape index (κ3) is 3.20. The van der Waals surface area contributed by atoms with Gasteiger partial charge in [0.2, 0.25) is 17.6 Å². The van der Waals surface area contributed by atoms with Crippen molar-refractivity contribution in [3.05, 3.63) is 35.2 Å². The first-order chi connectivity index (χ1) is 11.1. The number of hydrogen-bond acceptors (Lipinski definition) is 5. The molecule has 0 bridgehead atoms. The molecule has 1 fully saturated rings. The minimum Gasteiger partial charge on any atom is -0.346 e. The summed E-state index contributed by atoms with van der Waals surface area (Å²) in [6.07, 6.45) is 3.01. The van der Waals surface area contributed by atoms with Crippen molar-refractivity contribution in [1.82, 2.24) is 15.5 Å². The van der Waals surface area contributed by atoms with Gasteiger partial charge in [-0.1, -0.05) is 41.7 Å². The number of halogens is 1. The van der Waals surface area contributed by atoms with Gasteiger partial charge in [-0.15, -0.1) is 0 Å². The van der Waals surface area contributed by atoms with E-state index < -0.39 is 5.41 Å². The number of carbonyl (C=O) groups excluding carboxylic acids is 1. The molecule has 0 unspecified atom stereocenters. The third-order valence-electron chi connectivity index (χ3n) is 4.06. The van der Waals surface area contributed by atoms with Crippen LogP contribution in [0.2, 0.25) is 5.02 Å². The van der Waals surface area contributed by atoms with Gasteiger partial charge in [0.1, 0.15) is 5.41 Å². The summed E-state index contributed by atoms with van der Waals surface area (Å²) in [5.74, 6) is 0.437. The third-order valence-corrected chi connectivity index (χ3v) is 4.29. The van der Waals surface area contributed by atoms with Gasteiger partial charge in [-0.2, -0.15) is 10.2 Å². The van der Waals surface area contributed by atoms with Crippen molar-refractivity contribution >= 4 is 17.5 Å². The largest absolute Gasteiger partial charge is 0.346 e. The van der Waals surface area contributed by atoms with Gasteiger partial charge in [0.25, 0.3) is 0 Å². The van der Waals surface area contributed by atoms with E-state index in [2.05, 4.69) is 21.5 Å². The molecule has 0 saturated heterocycles. The van der Waals surface area contributed by atoms with Crippen LogP contribution in [0.15, 0.2) is 28.8 Å². The molecular formula is C16H15ClN4O2. The number of hydrogen-bond donors (Lipinski definition) is 1. The predicted molar refractivity (Wildman–Crippen MR) is 83.1 cm³/mol. The molecule has 7 heteroatoms. The summed E-state index contributed by atoms with van der Waals surface area (Å²) >= 11 is 5.93. The summed E-state index contributed by atoms with van der Waals surface area (Å²) in [5.41, 5.74) is -0.168. The van der Waals surface area contributed by atoms with Gasteiger partial charge >= 0.3 is 0 Å². The summed E-state index contributed by atoms with van der Waals surface area (Å²) in [6.45, 7) is 0.107. The zero-order chi connectivity index (χ0) is 16.3. The molecule has 1 N–H and O–H groups in total. The number of amides is 1. The lowest BCUT2D eigenvalue weighted by atomic mass is 9.87. The Labute approximate surface area is 138 Å². The number of rotatable bonds is 4. The average molecular weight is 331 g/mol. The van der Waals surface area contributed by atoms with Gasteiger partial charge in [0, 0.05) is 10.6 Å². The Morgan fingerprint density at radius 1 is 1.43 bits per heavy atom. The normalized spacial score (nSPS) is 16.0. The Balaban J connectivity index is 1.66. The molecule has 3 rings (SSSR count). The number of carbonyl (C=O) groups is 1. The van der Waals surface area contributed by atoms with E-state index in [1.54, 1.807) is 18.2 Å². The second-order valence-corrected chi connectivity index (χ2v) is 6.04. The van der Waals surface area contributed by atoms with Crippen molar-refractivity contribution in [2.45, 2.75) is 32.2 Å². The minimum atomic E-state index is -0.907. The lowest BCUT2D eigenvalue weighted by molar-refractivity contribution is -0.128. The molecule has 1 aliphatic rings. The average Bonchev–Trinajstić information content (AvgIpc) is 3.22. The molecular weight excluding hydrogens is 316 g/mol. The van der Waals surface area contributed by atoms with E-state index in [0.29, 0.717) is 29.6 Å². The van der Waals surface area contributed by atoms with Gasteiger partial charge in [0.15, 0.2) is 0 Å². The SMILES string of the molecule is N#CC1(C(=O)NCc2nc(-c3cccc(Cl)c3)no2)CCCC1. The first kappa shape index (κ1) is 15.5.